The van der Waals surface area contributed by atoms with E-state index in [4.69, 9.17) is 0 Å². The Labute approximate surface area is 180 Å². The Morgan fingerprint density at radius 2 is 1.55 bits per heavy atom. The smallest absolute Gasteiger partial charge is 0.405 e. The lowest BCUT2D eigenvalue weighted by molar-refractivity contribution is -0.123. The number of rotatable bonds is 9. The summed E-state index contributed by atoms with van der Waals surface area (Å²) >= 11 is 0. The van der Waals surface area contributed by atoms with Crippen LogP contribution < -0.4 is 10.6 Å². The van der Waals surface area contributed by atoms with Crippen molar-refractivity contribution in [3.63, 3.8) is 0 Å². The molecule has 0 saturated carbocycles. The van der Waals surface area contributed by atoms with Crippen LogP contribution in [0.4, 0.5) is 4.79 Å². The summed E-state index contributed by atoms with van der Waals surface area (Å²) < 4.78 is 0. The van der Waals surface area contributed by atoms with Crippen molar-refractivity contribution < 1.29 is 14.7 Å². The number of nitrogens with zero attached hydrogens (tertiary/aromatic N) is 2. The van der Waals surface area contributed by atoms with E-state index in [1.807, 2.05) is 72.8 Å². The lowest BCUT2D eigenvalue weighted by Gasteiger charge is -2.21. The second-order valence-electron chi connectivity index (χ2n) is 6.99. The van der Waals surface area contributed by atoms with E-state index >= 15 is 0 Å². The standard InChI is InChI=1S/C24H24N4O3/c29-23(22(28-24(30)31)16-19-9-5-2-6-10-19)27-21(15-18-7-3-1-4-8-18)12-11-20-13-14-25-17-26-20/h1-14,17,21-22,28H,15-16H2,(H,27,29)(H,30,31)/b12-11+/t21-,22+/m1/s1. The zero-order valence-corrected chi connectivity index (χ0v) is 16.9. The minimum absolute atomic E-state index is 0.257. The van der Waals surface area contributed by atoms with Gasteiger partial charge in [0.05, 0.1) is 11.7 Å². The molecule has 0 fully saturated rings. The number of benzene rings is 2. The fraction of sp³-hybridized carbons (Fsp3) is 0.167. The number of amides is 2. The normalized spacial score (nSPS) is 12.8. The summed E-state index contributed by atoms with van der Waals surface area (Å²) in [7, 11) is 0. The Morgan fingerprint density at radius 3 is 2.13 bits per heavy atom. The van der Waals surface area contributed by atoms with Gasteiger partial charge in [0, 0.05) is 12.6 Å². The maximum absolute atomic E-state index is 13.0. The van der Waals surface area contributed by atoms with Gasteiger partial charge in [0.15, 0.2) is 0 Å². The molecule has 7 heteroatoms. The molecule has 0 unspecified atom stereocenters. The van der Waals surface area contributed by atoms with E-state index in [1.165, 1.54) is 6.33 Å². The third kappa shape index (κ3) is 7.40. The number of carbonyl (C=O) groups excluding carboxylic acids is 1. The molecule has 31 heavy (non-hydrogen) atoms. The summed E-state index contributed by atoms with van der Waals surface area (Å²) in [6.45, 7) is 0. The highest BCUT2D eigenvalue weighted by Gasteiger charge is 2.23. The summed E-state index contributed by atoms with van der Waals surface area (Å²) in [5, 5.41) is 14.5. The average molecular weight is 416 g/mol. The Morgan fingerprint density at radius 1 is 0.903 bits per heavy atom. The van der Waals surface area contributed by atoms with Gasteiger partial charge in [0.2, 0.25) is 5.91 Å². The van der Waals surface area contributed by atoms with Crippen LogP contribution in [0.25, 0.3) is 6.08 Å². The van der Waals surface area contributed by atoms with Crippen LogP contribution >= 0.6 is 0 Å². The zero-order valence-electron chi connectivity index (χ0n) is 16.9. The van der Waals surface area contributed by atoms with Crippen LogP contribution in [-0.2, 0) is 17.6 Å². The largest absolute Gasteiger partial charge is 0.465 e. The number of carboxylic acid groups (broad SMARTS) is 1. The monoisotopic (exact) mass is 416 g/mol. The molecule has 158 valence electrons. The van der Waals surface area contributed by atoms with Crippen molar-refractivity contribution in [2.45, 2.75) is 24.9 Å². The first-order chi connectivity index (χ1) is 15.1. The van der Waals surface area contributed by atoms with Crippen LogP contribution in [-0.4, -0.2) is 39.2 Å². The van der Waals surface area contributed by atoms with Gasteiger partial charge in [0.1, 0.15) is 12.4 Å². The van der Waals surface area contributed by atoms with Gasteiger partial charge < -0.3 is 15.7 Å². The highest BCUT2D eigenvalue weighted by atomic mass is 16.4. The highest BCUT2D eigenvalue weighted by molar-refractivity contribution is 5.86. The number of aromatic nitrogens is 2. The molecule has 0 aliphatic rings. The summed E-state index contributed by atoms with van der Waals surface area (Å²) in [6.07, 6.45) is 6.33. The second-order valence-corrected chi connectivity index (χ2v) is 6.99. The topological polar surface area (TPSA) is 104 Å². The van der Waals surface area contributed by atoms with Gasteiger partial charge in [0.25, 0.3) is 0 Å². The molecule has 0 saturated heterocycles. The first-order valence-corrected chi connectivity index (χ1v) is 9.92. The van der Waals surface area contributed by atoms with Crippen LogP contribution in [0.15, 0.2) is 85.3 Å². The van der Waals surface area contributed by atoms with Gasteiger partial charge in [-0.15, -0.1) is 0 Å². The van der Waals surface area contributed by atoms with Crippen LogP contribution in [0.5, 0.6) is 0 Å². The van der Waals surface area contributed by atoms with Gasteiger partial charge in [-0.25, -0.2) is 14.8 Å². The molecule has 0 radical (unpaired) electrons. The minimum Gasteiger partial charge on any atom is -0.465 e. The van der Waals surface area contributed by atoms with E-state index in [2.05, 4.69) is 20.6 Å². The number of carbonyl (C=O) groups is 2. The van der Waals surface area contributed by atoms with Crippen LogP contribution in [0.1, 0.15) is 16.8 Å². The molecule has 2 atom stereocenters. The number of nitrogens with one attached hydrogen (secondary N) is 2. The number of hydrogen-bond donors (Lipinski definition) is 3. The predicted molar refractivity (Wildman–Crippen MR) is 118 cm³/mol. The molecule has 0 aliphatic heterocycles. The highest BCUT2D eigenvalue weighted by Crippen LogP contribution is 2.08. The third-order valence-electron chi connectivity index (χ3n) is 4.63. The summed E-state index contributed by atoms with van der Waals surface area (Å²) in [4.78, 5) is 32.3. The van der Waals surface area contributed by atoms with Gasteiger partial charge in [-0.2, -0.15) is 0 Å². The Balaban J connectivity index is 1.76. The van der Waals surface area contributed by atoms with E-state index in [0.29, 0.717) is 12.1 Å². The molecule has 3 rings (SSSR count). The lowest BCUT2D eigenvalue weighted by atomic mass is 10.0. The molecule has 0 aliphatic carbocycles. The molecule has 1 aromatic heterocycles. The lowest BCUT2D eigenvalue weighted by Crippen LogP contribution is -2.50. The predicted octanol–water partition coefficient (Wildman–Crippen LogP) is 3.10. The van der Waals surface area contributed by atoms with E-state index < -0.39 is 12.1 Å². The molecule has 2 amide bonds. The Kier molecular flexibility index (Phi) is 7.88. The first kappa shape index (κ1) is 21.7. The maximum atomic E-state index is 13.0. The van der Waals surface area contributed by atoms with Gasteiger partial charge in [-0.3, -0.25) is 4.79 Å². The molecule has 0 bridgehead atoms. The Bertz CT molecular complexity index is 995. The van der Waals surface area contributed by atoms with Crippen LogP contribution in [0.2, 0.25) is 0 Å². The van der Waals surface area contributed by atoms with E-state index in [1.54, 1.807) is 12.3 Å². The minimum atomic E-state index is -1.24. The zero-order chi connectivity index (χ0) is 21.9. The molecular formula is C24H24N4O3. The second kappa shape index (κ2) is 11.3. The van der Waals surface area contributed by atoms with E-state index in [9.17, 15) is 14.7 Å². The van der Waals surface area contributed by atoms with Crippen molar-refractivity contribution in [2.75, 3.05) is 0 Å². The summed E-state index contributed by atoms with van der Waals surface area (Å²) in [5.74, 6) is -0.389. The molecular weight excluding hydrogens is 392 g/mol. The first-order valence-electron chi connectivity index (χ1n) is 9.92. The van der Waals surface area contributed by atoms with Crippen molar-refractivity contribution in [2.24, 2.45) is 0 Å². The fourth-order valence-corrected chi connectivity index (χ4v) is 3.14. The van der Waals surface area contributed by atoms with Crippen molar-refractivity contribution in [1.82, 2.24) is 20.6 Å². The third-order valence-corrected chi connectivity index (χ3v) is 4.63. The van der Waals surface area contributed by atoms with Crippen LogP contribution in [0, 0.1) is 0 Å². The summed E-state index contributed by atoms with van der Waals surface area (Å²) in [6, 6.07) is 19.6. The SMILES string of the molecule is O=C(O)N[C@@H](Cc1ccccc1)C(=O)N[C@H](/C=C/c1ccncn1)Cc1ccccc1. The van der Waals surface area contributed by atoms with Crippen molar-refractivity contribution in [3.8, 4) is 0 Å². The van der Waals surface area contributed by atoms with Crippen molar-refractivity contribution >= 4 is 18.1 Å². The van der Waals surface area contributed by atoms with Crippen molar-refractivity contribution in [1.29, 1.82) is 0 Å². The molecule has 2 aromatic carbocycles. The van der Waals surface area contributed by atoms with Gasteiger partial charge in [-0.05, 0) is 29.7 Å². The molecule has 7 nitrogen and oxygen atoms in total. The van der Waals surface area contributed by atoms with Gasteiger partial charge in [-0.1, -0.05) is 66.7 Å². The molecule has 3 aromatic rings. The fourth-order valence-electron chi connectivity index (χ4n) is 3.14. The molecule has 3 N–H and O–H groups in total. The van der Waals surface area contributed by atoms with E-state index in [-0.39, 0.29) is 18.4 Å². The maximum Gasteiger partial charge on any atom is 0.405 e. The molecule has 0 spiro atoms. The Hall–Kier alpha value is -4.00. The number of hydrogen-bond acceptors (Lipinski definition) is 4. The summed E-state index contributed by atoms with van der Waals surface area (Å²) in [5.41, 5.74) is 2.63. The molecule has 1 heterocycles. The van der Waals surface area contributed by atoms with Crippen LogP contribution in [0.3, 0.4) is 0 Å². The average Bonchev–Trinajstić information content (AvgIpc) is 2.79. The van der Waals surface area contributed by atoms with Crippen molar-refractivity contribution in [3.05, 3.63) is 102 Å². The van der Waals surface area contributed by atoms with Gasteiger partial charge >= 0.3 is 6.09 Å². The quantitative estimate of drug-likeness (QED) is 0.497. The van der Waals surface area contributed by atoms with E-state index in [0.717, 1.165) is 11.1 Å².